The first kappa shape index (κ1) is 30.8. The van der Waals surface area contributed by atoms with Crippen molar-refractivity contribution in [1.82, 2.24) is 20.1 Å². The van der Waals surface area contributed by atoms with Crippen LogP contribution in [0.1, 0.15) is 23.2 Å². The van der Waals surface area contributed by atoms with Gasteiger partial charge in [-0.15, -0.1) is 23.1 Å². The van der Waals surface area contributed by atoms with Gasteiger partial charge in [-0.05, 0) is 35.8 Å². The highest BCUT2D eigenvalue weighted by atomic mass is 32.2. The number of rotatable bonds is 9. The van der Waals surface area contributed by atoms with E-state index in [1.165, 1.54) is 17.1 Å². The minimum absolute atomic E-state index is 0.0404. The zero-order chi connectivity index (χ0) is 32.5. The van der Waals surface area contributed by atoms with Gasteiger partial charge in [0.05, 0.1) is 0 Å². The fraction of sp³-hybridized carbons (Fsp3) is 0.233. The van der Waals surface area contributed by atoms with Crippen molar-refractivity contribution in [3.63, 3.8) is 0 Å². The molecule has 0 saturated carbocycles. The van der Waals surface area contributed by atoms with Crippen LogP contribution in [0.4, 0.5) is 5.13 Å². The molecule has 2 saturated heterocycles. The number of aromatic nitrogens is 2. The number of carbonyl (C=O) groups is 4. The lowest BCUT2D eigenvalue weighted by molar-refractivity contribution is -0.688. The summed E-state index contributed by atoms with van der Waals surface area (Å²) in [6, 6.07) is 9.82. The van der Waals surface area contributed by atoms with Crippen LogP contribution in [0.15, 0.2) is 82.2 Å². The zero-order valence-electron chi connectivity index (χ0n) is 24.1. The van der Waals surface area contributed by atoms with E-state index in [0.29, 0.717) is 37.2 Å². The molecular formula is C30H28N7O7S2+. The number of aliphatic carboxylic acids is 1. The average molecular weight is 663 g/mol. The molecule has 0 aliphatic carbocycles. The molecule has 16 heteroatoms. The number of phenols is 1. The molecule has 2 atom stereocenters. The van der Waals surface area contributed by atoms with Crippen LogP contribution in [0.3, 0.4) is 0 Å². The lowest BCUT2D eigenvalue weighted by Gasteiger charge is -2.49. The van der Waals surface area contributed by atoms with E-state index in [0.717, 1.165) is 27.4 Å². The first-order chi connectivity index (χ1) is 22.1. The van der Waals surface area contributed by atoms with E-state index in [-0.39, 0.29) is 33.9 Å². The number of carbonyl (C=O) groups excluding carboxylic acids is 3. The number of hydrogen-bond donors (Lipinski definition) is 5. The van der Waals surface area contributed by atoms with Crippen molar-refractivity contribution < 1.29 is 39.2 Å². The van der Waals surface area contributed by atoms with Gasteiger partial charge in [0.15, 0.2) is 29.8 Å². The molecule has 0 bridgehead atoms. The number of nitrogens with zero attached hydrogens (tertiary/aromatic N) is 5. The molecule has 236 valence electrons. The summed E-state index contributed by atoms with van der Waals surface area (Å²) in [7, 11) is 0. The van der Waals surface area contributed by atoms with E-state index < -0.39 is 34.9 Å². The minimum Gasteiger partial charge on any atom is -0.508 e. The monoisotopic (exact) mass is 662 g/mol. The number of hydrogen-bond acceptors (Lipinski definition) is 11. The number of β-lactam (4-membered cyclic amide) rings is 1. The molecule has 2 fully saturated rings. The second kappa shape index (κ2) is 12.6. The predicted octanol–water partition coefficient (Wildman–Crippen LogP) is 1.04. The van der Waals surface area contributed by atoms with Crippen molar-refractivity contribution in [2.75, 3.05) is 18.0 Å². The van der Waals surface area contributed by atoms with Crippen LogP contribution in [0.2, 0.25) is 0 Å². The number of oxime groups is 1. The standard InChI is InChI=1S/C30H27N7O7S2/c31-30-32-21(15-46-30)22(34-44)25(39)33-23-27(41)37-24(29(42)43)19(14-45-28(23)37)11-18-6-9-36(26(18)40)13-16-4-7-35(8-5-16)12-17-2-1-3-20(38)10-17/h1-5,7-8,10-11,15,23,28H,6,9,12-14H2,(H5-,31,32,33,38,39,42,43,44)/p+1/t23-,28-/m1/s1. The third-order valence-corrected chi connectivity index (χ3v) is 9.71. The molecule has 2 aromatic heterocycles. The van der Waals surface area contributed by atoms with Crippen molar-refractivity contribution in [3.8, 4) is 5.75 Å². The molecule has 1 aromatic carbocycles. The van der Waals surface area contributed by atoms with E-state index in [2.05, 4.69) is 15.5 Å². The van der Waals surface area contributed by atoms with Crippen LogP contribution in [-0.2, 0) is 32.3 Å². The molecule has 0 unspecified atom stereocenters. The summed E-state index contributed by atoms with van der Waals surface area (Å²) < 4.78 is 1.96. The van der Waals surface area contributed by atoms with Crippen molar-refractivity contribution in [2.45, 2.75) is 30.9 Å². The Morgan fingerprint density at radius 1 is 1.20 bits per heavy atom. The summed E-state index contributed by atoms with van der Waals surface area (Å²) >= 11 is 2.30. The van der Waals surface area contributed by atoms with Gasteiger partial charge < -0.3 is 31.4 Å². The van der Waals surface area contributed by atoms with Crippen LogP contribution in [-0.4, -0.2) is 83.3 Å². The van der Waals surface area contributed by atoms with E-state index in [9.17, 15) is 34.6 Å². The van der Waals surface area contributed by atoms with Gasteiger partial charge in [0.2, 0.25) is 5.91 Å². The van der Waals surface area contributed by atoms with Gasteiger partial charge in [-0.25, -0.2) is 14.3 Å². The summed E-state index contributed by atoms with van der Waals surface area (Å²) in [5, 5.41) is 35.5. The molecule has 3 aromatic rings. The van der Waals surface area contributed by atoms with Gasteiger partial charge in [-0.1, -0.05) is 17.3 Å². The first-order valence-electron chi connectivity index (χ1n) is 14.0. The Labute approximate surface area is 270 Å². The maximum Gasteiger partial charge on any atom is 0.352 e. The highest BCUT2D eigenvalue weighted by Gasteiger charge is 2.54. The second-order valence-electron chi connectivity index (χ2n) is 10.8. The minimum atomic E-state index is -1.32. The molecule has 6 rings (SSSR count). The summed E-state index contributed by atoms with van der Waals surface area (Å²) in [5.74, 6) is -2.63. The molecular weight excluding hydrogens is 635 g/mol. The molecule has 0 spiro atoms. The van der Waals surface area contributed by atoms with Crippen LogP contribution < -0.4 is 15.6 Å². The first-order valence-corrected chi connectivity index (χ1v) is 16.0. The molecule has 46 heavy (non-hydrogen) atoms. The predicted molar refractivity (Wildman–Crippen MR) is 166 cm³/mol. The number of fused-ring (bicyclic) bond motifs is 1. The molecule has 0 radical (unpaired) electrons. The summed E-state index contributed by atoms with van der Waals surface area (Å²) in [6.45, 7) is 1.42. The summed E-state index contributed by atoms with van der Waals surface area (Å²) in [4.78, 5) is 58.2. The van der Waals surface area contributed by atoms with Crippen LogP contribution >= 0.6 is 23.1 Å². The third kappa shape index (κ3) is 6.03. The normalized spacial score (nSPS) is 20.6. The summed E-state index contributed by atoms with van der Waals surface area (Å²) in [5.41, 5.74) is 7.64. The van der Waals surface area contributed by atoms with Crippen molar-refractivity contribution >= 4 is 57.6 Å². The molecule has 14 nitrogen and oxygen atoms in total. The number of allylic oxidation sites excluding steroid dienone is 1. The van der Waals surface area contributed by atoms with E-state index >= 15 is 0 Å². The number of nitrogens with one attached hydrogen (secondary N) is 1. The molecule has 3 amide bonds. The maximum absolute atomic E-state index is 13.3. The number of nitrogens with two attached hydrogens (primary N) is 1. The number of amides is 3. The van der Waals surface area contributed by atoms with E-state index in [4.69, 9.17) is 5.73 Å². The smallest absolute Gasteiger partial charge is 0.352 e. The number of pyridine rings is 1. The second-order valence-corrected chi connectivity index (χ2v) is 12.7. The van der Waals surface area contributed by atoms with Gasteiger partial charge in [0.1, 0.15) is 28.6 Å². The Morgan fingerprint density at radius 2 is 1.98 bits per heavy atom. The average Bonchev–Trinajstić information content (AvgIpc) is 3.61. The number of benzene rings is 1. The zero-order valence-corrected chi connectivity index (χ0v) is 25.7. The SMILES string of the molecule is Nc1nc(/C(=N/O)C(=O)N[C@@H]2C(=O)N3C(C(=O)O)=C(C=C4CCN(Cc5cc[n+](Cc6cccc(O)c6)cc5)C4=O)CS[C@H]23)cs1. The highest BCUT2D eigenvalue weighted by molar-refractivity contribution is 8.00. The van der Waals surface area contributed by atoms with Crippen molar-refractivity contribution in [3.05, 3.63) is 93.9 Å². The Morgan fingerprint density at radius 3 is 2.65 bits per heavy atom. The molecule has 3 aliphatic heterocycles. The van der Waals surface area contributed by atoms with Crippen LogP contribution in [0.5, 0.6) is 5.75 Å². The van der Waals surface area contributed by atoms with Gasteiger partial charge in [-0.3, -0.25) is 19.3 Å². The quantitative estimate of drug-likeness (QED) is 0.0550. The summed E-state index contributed by atoms with van der Waals surface area (Å²) in [6.07, 6.45) is 5.79. The number of aromatic hydroxyl groups is 1. The number of anilines is 1. The van der Waals surface area contributed by atoms with Gasteiger partial charge in [-0.2, -0.15) is 0 Å². The number of thioether (sulfide) groups is 1. The van der Waals surface area contributed by atoms with Crippen molar-refractivity contribution in [1.29, 1.82) is 0 Å². The number of phenolic OH excluding ortho intramolecular Hbond substituents is 1. The Kier molecular flexibility index (Phi) is 8.46. The van der Waals surface area contributed by atoms with E-state index in [1.807, 2.05) is 35.2 Å². The highest BCUT2D eigenvalue weighted by Crippen LogP contribution is 2.41. The number of carboxylic acid groups (broad SMARTS) is 1. The lowest BCUT2D eigenvalue weighted by atomic mass is 10.0. The van der Waals surface area contributed by atoms with Gasteiger partial charge in [0, 0.05) is 47.5 Å². The Bertz CT molecular complexity index is 1840. The number of carboxylic acids is 1. The maximum atomic E-state index is 13.3. The largest absolute Gasteiger partial charge is 0.508 e. The lowest BCUT2D eigenvalue weighted by Crippen LogP contribution is -2.71. The van der Waals surface area contributed by atoms with Gasteiger partial charge >= 0.3 is 5.97 Å². The topological polar surface area (TPSA) is 203 Å². The third-order valence-electron chi connectivity index (χ3n) is 7.74. The van der Waals surface area contributed by atoms with Crippen LogP contribution in [0.25, 0.3) is 0 Å². The molecule has 3 aliphatic rings. The molecule has 5 heterocycles. The number of likely N-dealkylation sites (tertiary alicyclic amines) is 1. The van der Waals surface area contributed by atoms with Crippen LogP contribution in [0, 0.1) is 0 Å². The van der Waals surface area contributed by atoms with Gasteiger partial charge in [0.25, 0.3) is 11.8 Å². The molecule has 6 N–H and O–H groups in total. The fourth-order valence-corrected chi connectivity index (χ4v) is 7.37. The number of nitrogen functional groups attached to an aromatic ring is 1. The van der Waals surface area contributed by atoms with E-state index in [1.54, 1.807) is 29.2 Å². The Hall–Kier alpha value is -5.22. The fourth-order valence-electron chi connectivity index (χ4n) is 5.52. The Balaban J connectivity index is 1.11. The number of thiazole rings is 1. The van der Waals surface area contributed by atoms with Crippen molar-refractivity contribution in [2.24, 2.45) is 5.16 Å².